The van der Waals surface area contributed by atoms with Gasteiger partial charge in [0.25, 0.3) is 0 Å². The Hall–Kier alpha value is -2.17. The normalized spacial score (nSPS) is 12.3. The van der Waals surface area contributed by atoms with Gasteiger partial charge in [0.15, 0.2) is 0 Å². The van der Waals surface area contributed by atoms with Crippen LogP contribution >= 0.6 is 11.6 Å². The van der Waals surface area contributed by atoms with E-state index in [0.29, 0.717) is 23.3 Å². The number of rotatable bonds is 5. The zero-order valence-corrected chi connectivity index (χ0v) is 12.9. The largest absolute Gasteiger partial charge is 0.419 e. The molecule has 2 aromatic carbocycles. The molecule has 0 spiro atoms. The number of halogens is 1. The van der Waals surface area contributed by atoms with Crippen LogP contribution in [-0.4, -0.2) is 10.2 Å². The SMILES string of the molecule is CC(NCc1nnc(-c2ccccc2Cl)o1)c1ccccc1. The summed E-state index contributed by atoms with van der Waals surface area (Å²) >= 11 is 6.13. The lowest BCUT2D eigenvalue weighted by Gasteiger charge is -2.12. The van der Waals surface area contributed by atoms with E-state index >= 15 is 0 Å². The molecule has 1 atom stereocenters. The molecule has 0 saturated carbocycles. The van der Waals surface area contributed by atoms with Crippen LogP contribution in [0.15, 0.2) is 59.0 Å². The molecule has 0 aliphatic heterocycles. The van der Waals surface area contributed by atoms with Crippen molar-refractivity contribution in [2.75, 3.05) is 0 Å². The first kappa shape index (κ1) is 14.8. The van der Waals surface area contributed by atoms with Gasteiger partial charge in [-0.3, -0.25) is 0 Å². The second-order valence-corrected chi connectivity index (χ2v) is 5.40. The summed E-state index contributed by atoms with van der Waals surface area (Å²) in [5, 5.41) is 12.1. The van der Waals surface area contributed by atoms with E-state index in [1.54, 1.807) is 6.07 Å². The van der Waals surface area contributed by atoms with Crippen molar-refractivity contribution < 1.29 is 4.42 Å². The number of aromatic nitrogens is 2. The molecule has 3 rings (SSSR count). The molecule has 0 aliphatic rings. The average Bonchev–Trinajstić information content (AvgIpc) is 3.02. The van der Waals surface area contributed by atoms with Crippen LogP contribution in [0.25, 0.3) is 11.5 Å². The minimum atomic E-state index is 0.205. The lowest BCUT2D eigenvalue weighted by molar-refractivity contribution is 0.454. The van der Waals surface area contributed by atoms with E-state index in [-0.39, 0.29) is 6.04 Å². The highest BCUT2D eigenvalue weighted by Gasteiger charge is 2.12. The highest BCUT2D eigenvalue weighted by Crippen LogP contribution is 2.26. The zero-order valence-electron chi connectivity index (χ0n) is 12.2. The smallest absolute Gasteiger partial charge is 0.249 e. The van der Waals surface area contributed by atoms with E-state index in [0.717, 1.165) is 5.56 Å². The molecule has 1 aromatic heterocycles. The summed E-state index contributed by atoms with van der Waals surface area (Å²) in [6, 6.07) is 17.8. The van der Waals surface area contributed by atoms with Crippen LogP contribution in [-0.2, 0) is 6.54 Å². The van der Waals surface area contributed by atoms with Crippen LogP contribution in [0, 0.1) is 0 Å². The Labute approximate surface area is 134 Å². The Morgan fingerprint density at radius 1 is 1.05 bits per heavy atom. The van der Waals surface area contributed by atoms with Gasteiger partial charge in [0.1, 0.15) is 0 Å². The number of benzene rings is 2. The first-order valence-corrected chi connectivity index (χ1v) is 7.47. The molecule has 112 valence electrons. The van der Waals surface area contributed by atoms with Gasteiger partial charge in [-0.05, 0) is 24.6 Å². The van der Waals surface area contributed by atoms with E-state index in [9.17, 15) is 0 Å². The van der Waals surface area contributed by atoms with Gasteiger partial charge in [-0.25, -0.2) is 0 Å². The van der Waals surface area contributed by atoms with Crippen molar-refractivity contribution in [2.45, 2.75) is 19.5 Å². The third-order valence-electron chi connectivity index (χ3n) is 3.43. The van der Waals surface area contributed by atoms with Crippen LogP contribution < -0.4 is 5.32 Å². The Bertz CT molecular complexity index is 742. The summed E-state index contributed by atoms with van der Waals surface area (Å²) in [6.07, 6.45) is 0. The van der Waals surface area contributed by atoms with Crippen LogP contribution in [0.4, 0.5) is 0 Å². The lowest BCUT2D eigenvalue weighted by atomic mass is 10.1. The number of hydrogen-bond acceptors (Lipinski definition) is 4. The molecule has 0 fully saturated rings. The maximum atomic E-state index is 6.13. The van der Waals surface area contributed by atoms with E-state index < -0.39 is 0 Å². The summed E-state index contributed by atoms with van der Waals surface area (Å²) in [5.41, 5.74) is 1.97. The van der Waals surface area contributed by atoms with E-state index in [1.807, 2.05) is 36.4 Å². The highest BCUT2D eigenvalue weighted by molar-refractivity contribution is 6.33. The second kappa shape index (κ2) is 6.73. The topological polar surface area (TPSA) is 51.0 Å². The predicted octanol–water partition coefficient (Wildman–Crippen LogP) is 4.24. The quantitative estimate of drug-likeness (QED) is 0.765. The van der Waals surface area contributed by atoms with Gasteiger partial charge in [0.05, 0.1) is 17.1 Å². The van der Waals surface area contributed by atoms with Crippen molar-refractivity contribution in [3.8, 4) is 11.5 Å². The van der Waals surface area contributed by atoms with Crippen LogP contribution in [0.1, 0.15) is 24.4 Å². The summed E-state index contributed by atoms with van der Waals surface area (Å²) in [6.45, 7) is 2.61. The number of hydrogen-bond donors (Lipinski definition) is 1. The molecule has 1 heterocycles. The number of nitrogens with one attached hydrogen (secondary N) is 1. The third-order valence-corrected chi connectivity index (χ3v) is 3.76. The average molecular weight is 314 g/mol. The molecule has 0 saturated heterocycles. The molecule has 22 heavy (non-hydrogen) atoms. The summed E-state index contributed by atoms with van der Waals surface area (Å²) in [7, 11) is 0. The summed E-state index contributed by atoms with van der Waals surface area (Å²) in [5.74, 6) is 0.979. The fourth-order valence-corrected chi connectivity index (χ4v) is 2.39. The van der Waals surface area contributed by atoms with Gasteiger partial charge in [-0.2, -0.15) is 0 Å². The molecule has 0 aliphatic carbocycles. The van der Waals surface area contributed by atoms with Crippen LogP contribution in [0.3, 0.4) is 0 Å². The molecule has 0 bridgehead atoms. The first-order valence-electron chi connectivity index (χ1n) is 7.09. The van der Waals surface area contributed by atoms with E-state index in [4.69, 9.17) is 16.0 Å². The van der Waals surface area contributed by atoms with Gasteiger partial charge < -0.3 is 9.73 Å². The van der Waals surface area contributed by atoms with Crippen LogP contribution in [0.5, 0.6) is 0 Å². The standard InChI is InChI=1S/C17H16ClN3O/c1-12(13-7-3-2-4-8-13)19-11-16-20-21-17(22-16)14-9-5-6-10-15(14)18/h2-10,12,19H,11H2,1H3. The maximum Gasteiger partial charge on any atom is 0.249 e. The lowest BCUT2D eigenvalue weighted by Crippen LogP contribution is -2.18. The first-order chi connectivity index (χ1) is 10.7. The Balaban J connectivity index is 1.67. The third kappa shape index (κ3) is 3.35. The molecule has 0 radical (unpaired) electrons. The summed E-state index contributed by atoms with van der Waals surface area (Å²) in [4.78, 5) is 0. The van der Waals surface area contributed by atoms with Gasteiger partial charge in [-0.15, -0.1) is 10.2 Å². The fourth-order valence-electron chi connectivity index (χ4n) is 2.17. The Morgan fingerprint density at radius 3 is 2.55 bits per heavy atom. The zero-order chi connectivity index (χ0) is 15.4. The molecule has 5 heteroatoms. The monoisotopic (exact) mass is 313 g/mol. The van der Waals surface area contributed by atoms with Crippen molar-refractivity contribution in [3.63, 3.8) is 0 Å². The van der Waals surface area contributed by atoms with Gasteiger partial charge in [0.2, 0.25) is 11.8 Å². The summed E-state index contributed by atoms with van der Waals surface area (Å²) < 4.78 is 5.67. The second-order valence-electron chi connectivity index (χ2n) is 4.99. The molecule has 4 nitrogen and oxygen atoms in total. The minimum absolute atomic E-state index is 0.205. The van der Waals surface area contributed by atoms with Crippen molar-refractivity contribution in [1.82, 2.24) is 15.5 Å². The molecular weight excluding hydrogens is 298 g/mol. The van der Waals surface area contributed by atoms with Gasteiger partial charge in [-0.1, -0.05) is 54.1 Å². The molecular formula is C17H16ClN3O. The van der Waals surface area contributed by atoms with Crippen LogP contribution in [0.2, 0.25) is 5.02 Å². The molecule has 3 aromatic rings. The van der Waals surface area contributed by atoms with Crippen molar-refractivity contribution in [2.24, 2.45) is 0 Å². The highest BCUT2D eigenvalue weighted by atomic mass is 35.5. The Kier molecular flexibility index (Phi) is 4.51. The fraction of sp³-hybridized carbons (Fsp3) is 0.176. The minimum Gasteiger partial charge on any atom is -0.419 e. The van der Waals surface area contributed by atoms with E-state index in [1.165, 1.54) is 5.56 Å². The number of nitrogens with zero attached hydrogens (tertiary/aromatic N) is 2. The Morgan fingerprint density at radius 2 is 1.77 bits per heavy atom. The van der Waals surface area contributed by atoms with Gasteiger partial charge >= 0.3 is 0 Å². The van der Waals surface area contributed by atoms with Crippen molar-refractivity contribution >= 4 is 11.6 Å². The van der Waals surface area contributed by atoms with Gasteiger partial charge in [0, 0.05) is 6.04 Å². The molecule has 0 amide bonds. The van der Waals surface area contributed by atoms with E-state index in [2.05, 4.69) is 34.6 Å². The molecule has 1 unspecified atom stereocenters. The predicted molar refractivity (Wildman–Crippen MR) is 86.4 cm³/mol. The van der Waals surface area contributed by atoms with Crippen molar-refractivity contribution in [3.05, 3.63) is 71.1 Å². The van der Waals surface area contributed by atoms with Crippen molar-refractivity contribution in [1.29, 1.82) is 0 Å². The maximum absolute atomic E-state index is 6.13. The molecule has 1 N–H and O–H groups in total.